The Morgan fingerprint density at radius 1 is 1.11 bits per heavy atom. The third-order valence-electron chi connectivity index (χ3n) is 7.74. The van der Waals surface area contributed by atoms with Crippen LogP contribution >= 0.6 is 23.2 Å². The number of nitrogens with one attached hydrogen (secondary N) is 3. The zero-order valence-electron chi connectivity index (χ0n) is 25.1. The highest BCUT2D eigenvalue weighted by Crippen LogP contribution is 2.46. The maximum atomic E-state index is 12.1. The number of aryl methyl sites for hydroxylation is 1. The maximum absolute atomic E-state index is 12.1. The molecule has 4 aromatic rings. The average molecular weight is 637 g/mol. The molecule has 0 unspecified atom stereocenters. The van der Waals surface area contributed by atoms with Crippen LogP contribution in [0.1, 0.15) is 18.4 Å². The molecule has 3 N–H and O–H groups in total. The number of likely N-dealkylation sites (tertiary alicyclic amines) is 1. The molecule has 1 fully saturated rings. The van der Waals surface area contributed by atoms with Crippen LogP contribution in [-0.4, -0.2) is 66.7 Å². The second-order valence-corrected chi connectivity index (χ2v) is 11.5. The highest BCUT2D eigenvalue weighted by Gasteiger charge is 2.23. The Hall–Kier alpha value is -4.12. The molecule has 230 valence electrons. The van der Waals surface area contributed by atoms with Gasteiger partial charge in [-0.2, -0.15) is 0 Å². The molecule has 1 aliphatic rings. The van der Waals surface area contributed by atoms with E-state index in [1.165, 1.54) is 20.3 Å². The number of hydrogen-bond donors (Lipinski definition) is 3. The molecule has 0 saturated carbocycles. The summed E-state index contributed by atoms with van der Waals surface area (Å²) in [6, 6.07) is 9.09. The van der Waals surface area contributed by atoms with Crippen molar-refractivity contribution < 1.29 is 14.3 Å². The minimum Gasteiger partial charge on any atom is -0.495 e. The quantitative estimate of drug-likeness (QED) is 0.159. The highest BCUT2D eigenvalue weighted by atomic mass is 35.5. The number of carbonyl (C=O) groups is 1. The second kappa shape index (κ2) is 13.7. The first-order valence-corrected chi connectivity index (χ1v) is 15.0. The summed E-state index contributed by atoms with van der Waals surface area (Å²) < 4.78 is 11.0. The van der Waals surface area contributed by atoms with Crippen molar-refractivity contribution >= 4 is 63.2 Å². The number of pyridine rings is 1. The normalized spacial score (nSPS) is 13.9. The molecule has 12 heteroatoms. The van der Waals surface area contributed by atoms with Crippen molar-refractivity contribution in [1.82, 2.24) is 19.9 Å². The van der Waals surface area contributed by atoms with Crippen molar-refractivity contribution in [2.24, 2.45) is 5.92 Å². The summed E-state index contributed by atoms with van der Waals surface area (Å²) in [6.07, 6.45) is 5.11. The third kappa shape index (κ3) is 6.67. The topological polar surface area (TPSA) is 114 Å². The number of methoxy groups -OCH3 is 2. The number of anilines is 4. The van der Waals surface area contributed by atoms with Crippen LogP contribution in [0.3, 0.4) is 0 Å². The van der Waals surface area contributed by atoms with E-state index >= 15 is 0 Å². The number of ether oxygens (including phenoxy) is 2. The summed E-state index contributed by atoms with van der Waals surface area (Å²) >= 11 is 13.6. The lowest BCUT2D eigenvalue weighted by molar-refractivity contribution is -0.111. The van der Waals surface area contributed by atoms with E-state index in [0.29, 0.717) is 67.4 Å². The van der Waals surface area contributed by atoms with Gasteiger partial charge in [-0.15, -0.1) is 0 Å². The van der Waals surface area contributed by atoms with Crippen LogP contribution in [0.5, 0.6) is 11.5 Å². The van der Waals surface area contributed by atoms with Gasteiger partial charge in [-0.05, 0) is 69.6 Å². The maximum Gasteiger partial charge on any atom is 0.247 e. The number of carbonyl (C=O) groups excluding carboxylic acids is 1. The molecule has 2 aromatic carbocycles. The summed E-state index contributed by atoms with van der Waals surface area (Å²) in [7, 11) is 5.21. The van der Waals surface area contributed by atoms with Gasteiger partial charge in [0.05, 0.1) is 41.3 Å². The minimum atomic E-state index is -0.318. The summed E-state index contributed by atoms with van der Waals surface area (Å²) in [5.41, 5.74) is 3.79. The number of nitrogens with zero attached hydrogens (tertiary/aromatic N) is 4. The van der Waals surface area contributed by atoms with Gasteiger partial charge in [-0.1, -0.05) is 41.9 Å². The Balaban J connectivity index is 1.59. The van der Waals surface area contributed by atoms with E-state index in [1.807, 2.05) is 25.1 Å². The first-order valence-electron chi connectivity index (χ1n) is 14.2. The lowest BCUT2D eigenvalue weighted by Gasteiger charge is -2.29. The number of rotatable bonds is 10. The molecule has 5 rings (SSSR count). The van der Waals surface area contributed by atoms with Gasteiger partial charge in [-0.3, -0.25) is 4.79 Å². The lowest BCUT2D eigenvalue weighted by Crippen LogP contribution is -2.33. The van der Waals surface area contributed by atoms with Gasteiger partial charge in [0.15, 0.2) is 5.82 Å². The van der Waals surface area contributed by atoms with Gasteiger partial charge >= 0.3 is 0 Å². The number of benzene rings is 2. The molecule has 0 radical (unpaired) electrons. The fraction of sp³-hybridized carbons (Fsp3) is 0.312. The highest BCUT2D eigenvalue weighted by molar-refractivity contribution is 6.41. The number of fused-ring (bicyclic) bond motifs is 1. The van der Waals surface area contributed by atoms with Crippen molar-refractivity contribution in [1.29, 1.82) is 0 Å². The Labute approximate surface area is 266 Å². The van der Waals surface area contributed by atoms with E-state index in [4.69, 9.17) is 42.6 Å². The van der Waals surface area contributed by atoms with E-state index < -0.39 is 0 Å². The van der Waals surface area contributed by atoms with Crippen molar-refractivity contribution in [3.63, 3.8) is 0 Å². The number of halogens is 2. The van der Waals surface area contributed by atoms with Crippen LogP contribution in [0, 0.1) is 12.8 Å². The predicted octanol–water partition coefficient (Wildman–Crippen LogP) is 6.95. The molecular weight excluding hydrogens is 601 g/mol. The molecule has 1 saturated heterocycles. The van der Waals surface area contributed by atoms with Crippen LogP contribution in [-0.2, 0) is 4.79 Å². The molecular formula is C32H35Cl2N7O3. The van der Waals surface area contributed by atoms with E-state index in [0.717, 1.165) is 43.4 Å². The van der Waals surface area contributed by atoms with Gasteiger partial charge in [0.25, 0.3) is 0 Å². The largest absolute Gasteiger partial charge is 0.495 e. The monoisotopic (exact) mass is 635 g/mol. The second-order valence-electron chi connectivity index (χ2n) is 10.7. The molecule has 0 bridgehead atoms. The molecule has 44 heavy (non-hydrogen) atoms. The smallest absolute Gasteiger partial charge is 0.247 e. The van der Waals surface area contributed by atoms with Crippen LogP contribution in [0.25, 0.3) is 22.2 Å². The SMILES string of the molecule is C=CC(=O)Nc1cccc(C)c1Nc1ncc2cc(-c3c(Cl)c(OC)cc(OC)c3Cl)nc(NCC3CCN(C)CC3)c2n1. The summed E-state index contributed by atoms with van der Waals surface area (Å²) in [6.45, 7) is 8.31. The average Bonchev–Trinajstić information content (AvgIpc) is 3.02. The van der Waals surface area contributed by atoms with Gasteiger partial charge in [0.1, 0.15) is 17.0 Å². The molecule has 2 aromatic heterocycles. The van der Waals surface area contributed by atoms with E-state index in [1.54, 1.807) is 18.3 Å². The number of piperidine rings is 1. The van der Waals surface area contributed by atoms with Crippen LogP contribution in [0.4, 0.5) is 23.1 Å². The standard InChI is InChI=1S/C32H35Cl2N7O3/c1-6-25(42)37-21-9-7-8-18(2)29(21)39-32-36-17-20-14-22(26-27(33)23(43-4)15-24(44-5)28(26)34)38-31(30(20)40-32)35-16-19-10-12-41(3)13-11-19/h6-9,14-15,17,19H,1,10-13,16H2,2-5H3,(H,35,38)(H,37,42)(H,36,39,40). The van der Waals surface area contributed by atoms with E-state index in [2.05, 4.69) is 39.5 Å². The van der Waals surface area contributed by atoms with E-state index in [9.17, 15) is 4.79 Å². The zero-order valence-corrected chi connectivity index (χ0v) is 26.6. The third-order valence-corrected chi connectivity index (χ3v) is 8.50. The molecule has 0 atom stereocenters. The summed E-state index contributed by atoms with van der Waals surface area (Å²) in [5.74, 6) is 1.91. The Morgan fingerprint density at radius 3 is 2.48 bits per heavy atom. The van der Waals surface area contributed by atoms with Gasteiger partial charge in [-0.25, -0.2) is 15.0 Å². The molecule has 1 aliphatic heterocycles. The zero-order chi connectivity index (χ0) is 31.4. The Morgan fingerprint density at radius 2 is 1.82 bits per heavy atom. The molecule has 1 amide bonds. The molecule has 0 spiro atoms. The summed E-state index contributed by atoms with van der Waals surface area (Å²) in [4.78, 5) is 28.9. The fourth-order valence-corrected chi connectivity index (χ4v) is 5.90. The molecule has 10 nitrogen and oxygen atoms in total. The number of hydrogen-bond acceptors (Lipinski definition) is 9. The van der Waals surface area contributed by atoms with Crippen LogP contribution in [0.15, 0.2) is 49.2 Å². The molecule has 3 heterocycles. The Kier molecular flexibility index (Phi) is 9.73. The first-order chi connectivity index (χ1) is 21.2. The minimum absolute atomic E-state index is 0.318. The van der Waals surface area contributed by atoms with Crippen molar-refractivity contribution in [3.8, 4) is 22.8 Å². The van der Waals surface area contributed by atoms with Crippen molar-refractivity contribution in [2.45, 2.75) is 19.8 Å². The van der Waals surface area contributed by atoms with Crippen molar-refractivity contribution in [3.05, 3.63) is 64.8 Å². The predicted molar refractivity (Wildman–Crippen MR) is 178 cm³/mol. The number of aromatic nitrogens is 3. The summed E-state index contributed by atoms with van der Waals surface area (Å²) in [5, 5.41) is 11.0. The number of para-hydroxylation sites is 1. The van der Waals surface area contributed by atoms with Crippen LogP contribution < -0.4 is 25.4 Å². The van der Waals surface area contributed by atoms with Gasteiger partial charge < -0.3 is 30.3 Å². The number of amides is 1. The first kappa shape index (κ1) is 31.3. The molecule has 0 aliphatic carbocycles. The van der Waals surface area contributed by atoms with Crippen molar-refractivity contribution in [2.75, 3.05) is 56.9 Å². The van der Waals surface area contributed by atoms with Crippen LogP contribution in [0.2, 0.25) is 10.0 Å². The van der Waals surface area contributed by atoms with Gasteiger partial charge in [0, 0.05) is 29.8 Å². The van der Waals surface area contributed by atoms with Gasteiger partial charge in [0.2, 0.25) is 11.9 Å². The lowest BCUT2D eigenvalue weighted by atomic mass is 9.97. The fourth-order valence-electron chi connectivity index (χ4n) is 5.20. The van der Waals surface area contributed by atoms with E-state index in [-0.39, 0.29) is 5.91 Å². The Bertz CT molecular complexity index is 1680.